The summed E-state index contributed by atoms with van der Waals surface area (Å²) in [6.45, 7) is 2.80. The normalized spacial score (nSPS) is 16.2. The molecule has 2 rings (SSSR count). The molecule has 1 aromatic heterocycles. The molecule has 1 heterocycles. The predicted molar refractivity (Wildman–Crippen MR) is 86.9 cm³/mol. The van der Waals surface area contributed by atoms with E-state index in [9.17, 15) is 4.79 Å². The molecule has 3 N–H and O–H groups in total. The summed E-state index contributed by atoms with van der Waals surface area (Å²) in [5, 5.41) is 2.92. The van der Waals surface area contributed by atoms with E-state index in [1.54, 1.807) is 0 Å². The topological polar surface area (TPSA) is 60.0 Å². The lowest BCUT2D eigenvalue weighted by molar-refractivity contribution is 0.0957. The van der Waals surface area contributed by atoms with Gasteiger partial charge in [0.1, 0.15) is 10.7 Å². The molecular weight excluding hydrogens is 290 g/mol. The number of thiazole rings is 1. The Morgan fingerprint density at radius 2 is 2.15 bits per heavy atom. The van der Waals surface area contributed by atoms with E-state index < -0.39 is 0 Å². The van der Waals surface area contributed by atoms with E-state index >= 15 is 0 Å². The molecule has 112 valence electrons. The van der Waals surface area contributed by atoms with Crippen molar-refractivity contribution in [2.75, 3.05) is 12.3 Å². The van der Waals surface area contributed by atoms with Gasteiger partial charge in [-0.05, 0) is 31.5 Å². The van der Waals surface area contributed by atoms with Crippen molar-refractivity contribution in [3.63, 3.8) is 0 Å². The molecular formula is C14H23N3OS2. The maximum atomic E-state index is 12.1. The van der Waals surface area contributed by atoms with Gasteiger partial charge in [0.15, 0.2) is 3.95 Å². The molecule has 1 saturated carbocycles. The Hall–Kier alpha value is -0.880. The third kappa shape index (κ3) is 3.41. The minimum absolute atomic E-state index is 0.0818. The first-order chi connectivity index (χ1) is 9.65. The van der Waals surface area contributed by atoms with Crippen molar-refractivity contribution in [1.82, 2.24) is 9.88 Å². The van der Waals surface area contributed by atoms with Crippen LogP contribution in [0.5, 0.6) is 0 Å². The summed E-state index contributed by atoms with van der Waals surface area (Å²) in [7, 11) is 0. The van der Waals surface area contributed by atoms with Crippen LogP contribution in [0.25, 0.3) is 0 Å². The van der Waals surface area contributed by atoms with Crippen LogP contribution in [0.4, 0.5) is 5.82 Å². The van der Waals surface area contributed by atoms with Gasteiger partial charge in [-0.15, -0.1) is 0 Å². The van der Waals surface area contributed by atoms with Gasteiger partial charge in [-0.25, -0.2) is 0 Å². The van der Waals surface area contributed by atoms with Crippen LogP contribution in [0.15, 0.2) is 0 Å². The number of anilines is 1. The summed E-state index contributed by atoms with van der Waals surface area (Å²) >= 11 is 6.76. The molecule has 0 unspecified atom stereocenters. The third-order valence-electron chi connectivity index (χ3n) is 3.84. The molecule has 4 nitrogen and oxygen atoms in total. The number of carbonyl (C=O) groups is 1. The van der Waals surface area contributed by atoms with E-state index in [4.69, 9.17) is 18.0 Å². The molecule has 0 radical (unpaired) electrons. The fourth-order valence-corrected chi connectivity index (χ4v) is 4.09. The lowest BCUT2D eigenvalue weighted by Gasteiger charge is -2.24. The smallest absolute Gasteiger partial charge is 0.265 e. The van der Waals surface area contributed by atoms with Crippen molar-refractivity contribution in [1.29, 1.82) is 0 Å². The summed E-state index contributed by atoms with van der Waals surface area (Å²) in [6.07, 6.45) is 8.02. The average Bonchev–Trinajstić information content (AvgIpc) is 2.75. The van der Waals surface area contributed by atoms with Crippen LogP contribution in [0.2, 0.25) is 0 Å². The quantitative estimate of drug-likeness (QED) is 0.640. The van der Waals surface area contributed by atoms with E-state index in [0.29, 0.717) is 23.3 Å². The Bertz CT molecular complexity index is 515. The number of nitrogens with two attached hydrogens (primary N) is 1. The van der Waals surface area contributed by atoms with Crippen LogP contribution < -0.4 is 11.1 Å². The highest BCUT2D eigenvalue weighted by Crippen LogP contribution is 2.34. The second-order valence-electron chi connectivity index (χ2n) is 5.35. The molecule has 20 heavy (non-hydrogen) atoms. The zero-order valence-corrected chi connectivity index (χ0v) is 13.6. The van der Waals surface area contributed by atoms with Crippen molar-refractivity contribution in [2.24, 2.45) is 0 Å². The Morgan fingerprint density at radius 1 is 1.45 bits per heavy atom. The Labute approximate surface area is 129 Å². The van der Waals surface area contributed by atoms with Crippen LogP contribution in [0.1, 0.15) is 67.6 Å². The summed E-state index contributed by atoms with van der Waals surface area (Å²) in [5.41, 5.74) is 6.19. The van der Waals surface area contributed by atoms with Gasteiger partial charge in [0.25, 0.3) is 5.91 Å². The molecule has 1 aliphatic rings. The van der Waals surface area contributed by atoms with Crippen LogP contribution in [0.3, 0.4) is 0 Å². The summed E-state index contributed by atoms with van der Waals surface area (Å²) in [4.78, 5) is 12.7. The first kappa shape index (κ1) is 15.5. The monoisotopic (exact) mass is 313 g/mol. The van der Waals surface area contributed by atoms with Crippen LogP contribution in [-0.2, 0) is 0 Å². The Balaban J connectivity index is 2.15. The molecule has 0 bridgehead atoms. The third-order valence-corrected chi connectivity index (χ3v) is 5.26. The minimum atomic E-state index is -0.0818. The lowest BCUT2D eigenvalue weighted by atomic mass is 9.95. The number of nitrogen functional groups attached to an aromatic ring is 1. The van der Waals surface area contributed by atoms with Crippen molar-refractivity contribution in [3.8, 4) is 0 Å². The van der Waals surface area contributed by atoms with Crippen LogP contribution >= 0.6 is 23.6 Å². The molecule has 0 spiro atoms. The molecule has 0 atom stereocenters. The second-order valence-corrected chi connectivity index (χ2v) is 7.00. The van der Waals surface area contributed by atoms with Crippen molar-refractivity contribution in [3.05, 3.63) is 8.83 Å². The molecule has 1 amide bonds. The van der Waals surface area contributed by atoms with Gasteiger partial charge < -0.3 is 15.6 Å². The highest BCUT2D eigenvalue weighted by molar-refractivity contribution is 7.73. The number of nitrogens with one attached hydrogen (secondary N) is 1. The molecule has 1 aliphatic carbocycles. The molecule has 1 aromatic rings. The SMILES string of the molecule is CCCCNC(=O)c1sc(=S)n(C2CCCCC2)c1N. The number of rotatable bonds is 5. The molecule has 0 aromatic carbocycles. The van der Waals surface area contributed by atoms with Crippen molar-refractivity contribution >= 4 is 35.3 Å². The van der Waals surface area contributed by atoms with E-state index in [2.05, 4.69) is 12.2 Å². The maximum Gasteiger partial charge on any atom is 0.265 e. The maximum absolute atomic E-state index is 12.1. The highest BCUT2D eigenvalue weighted by Gasteiger charge is 2.23. The number of carbonyl (C=O) groups excluding carboxylic acids is 1. The van der Waals surface area contributed by atoms with Crippen LogP contribution in [0, 0.1) is 3.95 Å². The first-order valence-corrected chi connectivity index (χ1v) is 8.66. The van der Waals surface area contributed by atoms with Crippen molar-refractivity contribution < 1.29 is 4.79 Å². The van der Waals surface area contributed by atoms with E-state index in [-0.39, 0.29) is 5.91 Å². The Kier molecular flexibility index (Phi) is 5.60. The molecule has 1 fully saturated rings. The predicted octanol–water partition coefficient (Wildman–Crippen LogP) is 3.90. The van der Waals surface area contributed by atoms with Gasteiger partial charge in [0.05, 0.1) is 0 Å². The number of nitrogens with zero attached hydrogens (tertiary/aromatic N) is 1. The van der Waals surface area contributed by atoms with Gasteiger partial charge in [-0.3, -0.25) is 4.79 Å². The van der Waals surface area contributed by atoms with Gasteiger partial charge >= 0.3 is 0 Å². The number of hydrogen-bond donors (Lipinski definition) is 2. The zero-order valence-electron chi connectivity index (χ0n) is 12.0. The number of amides is 1. The second kappa shape index (κ2) is 7.22. The van der Waals surface area contributed by atoms with E-state index in [0.717, 1.165) is 29.6 Å². The summed E-state index contributed by atoms with van der Waals surface area (Å²) in [6, 6.07) is 0.379. The van der Waals surface area contributed by atoms with Crippen LogP contribution in [-0.4, -0.2) is 17.0 Å². The lowest BCUT2D eigenvalue weighted by Crippen LogP contribution is -2.25. The average molecular weight is 313 g/mol. The van der Waals surface area contributed by atoms with Crippen molar-refractivity contribution in [2.45, 2.75) is 57.9 Å². The number of aromatic nitrogens is 1. The number of hydrogen-bond acceptors (Lipinski definition) is 4. The fourth-order valence-electron chi connectivity index (χ4n) is 2.70. The Morgan fingerprint density at radius 3 is 2.80 bits per heavy atom. The van der Waals surface area contributed by atoms with E-state index in [1.165, 1.54) is 30.6 Å². The summed E-state index contributed by atoms with van der Waals surface area (Å²) in [5.74, 6) is 0.475. The standard InChI is InChI=1S/C14H23N3OS2/c1-2-3-9-16-13(18)11-12(15)17(14(19)20-11)10-7-5-4-6-8-10/h10H,2-9,15H2,1H3,(H,16,18). The molecule has 0 saturated heterocycles. The fraction of sp³-hybridized carbons (Fsp3) is 0.714. The first-order valence-electron chi connectivity index (χ1n) is 7.44. The van der Waals surface area contributed by atoms with Gasteiger partial charge in [-0.2, -0.15) is 0 Å². The van der Waals surface area contributed by atoms with Gasteiger partial charge in [0.2, 0.25) is 0 Å². The van der Waals surface area contributed by atoms with E-state index in [1.807, 2.05) is 4.57 Å². The molecule has 6 heteroatoms. The minimum Gasteiger partial charge on any atom is -0.384 e. The van der Waals surface area contributed by atoms with Gasteiger partial charge in [-0.1, -0.05) is 43.9 Å². The zero-order chi connectivity index (χ0) is 14.5. The highest BCUT2D eigenvalue weighted by atomic mass is 32.1. The summed E-state index contributed by atoms with van der Waals surface area (Å²) < 4.78 is 2.74. The largest absolute Gasteiger partial charge is 0.384 e. The van der Waals surface area contributed by atoms with Gasteiger partial charge in [0, 0.05) is 12.6 Å². The molecule has 0 aliphatic heterocycles. The number of unbranched alkanes of at least 4 members (excludes halogenated alkanes) is 1.